The van der Waals surface area contributed by atoms with Gasteiger partial charge in [-0.15, -0.1) is 0 Å². The number of para-hydroxylation sites is 1. The molecule has 1 rings (SSSR count). The number of nitrogens with one attached hydrogen (secondary N) is 1. The average Bonchev–Trinajstić information content (AvgIpc) is 2.54. The molecule has 0 saturated heterocycles. The number of carbonyl (C=O) groups is 2. The quantitative estimate of drug-likeness (QED) is 0.372. The lowest BCUT2D eigenvalue weighted by Crippen LogP contribution is -2.32. The Bertz CT molecular complexity index is 486. The highest BCUT2D eigenvalue weighted by molar-refractivity contribution is 6.27. The van der Waals surface area contributed by atoms with Crippen molar-refractivity contribution in [2.75, 3.05) is 33.4 Å². The summed E-state index contributed by atoms with van der Waals surface area (Å²) in [7, 11) is 1.65. The molecule has 8 nitrogen and oxygen atoms in total. The first-order valence-corrected chi connectivity index (χ1v) is 7.09. The van der Waals surface area contributed by atoms with Crippen LogP contribution in [0.2, 0.25) is 0 Å². The van der Waals surface area contributed by atoms with Crippen LogP contribution in [-0.2, 0) is 14.3 Å². The Labute approximate surface area is 138 Å². The average molecular weight is 347 g/mol. The molecule has 1 aromatic carbocycles. The van der Waals surface area contributed by atoms with Crippen molar-refractivity contribution in [3.63, 3.8) is 0 Å². The van der Waals surface area contributed by atoms with Gasteiger partial charge in [0.1, 0.15) is 12.7 Å². The highest BCUT2D eigenvalue weighted by atomic mass is 19.1. The summed E-state index contributed by atoms with van der Waals surface area (Å²) < 4.78 is 23.3. The molecule has 0 amide bonds. The Morgan fingerprint density at radius 3 is 2.42 bits per heavy atom. The molecule has 0 fully saturated rings. The number of aliphatic hydroxyl groups excluding tert-OH is 1. The van der Waals surface area contributed by atoms with Crippen molar-refractivity contribution in [2.45, 2.75) is 12.5 Å². The third kappa shape index (κ3) is 11.4. The summed E-state index contributed by atoms with van der Waals surface area (Å²) >= 11 is 0. The largest absolute Gasteiger partial charge is 0.488 e. The molecule has 0 saturated carbocycles. The third-order valence-electron chi connectivity index (χ3n) is 2.53. The molecular formula is C15H22FNO7. The van der Waals surface area contributed by atoms with Crippen LogP contribution in [0.5, 0.6) is 5.75 Å². The molecular weight excluding hydrogens is 325 g/mol. The predicted octanol–water partition coefficient (Wildman–Crippen LogP) is 0.347. The zero-order chi connectivity index (χ0) is 18.4. The first kappa shape index (κ1) is 21.8. The molecule has 0 aliphatic heterocycles. The first-order valence-electron chi connectivity index (χ1n) is 7.09. The van der Waals surface area contributed by atoms with E-state index >= 15 is 0 Å². The SMILES string of the molecule is COCCCNCC(O)COc1ccccc1F.O=C(O)C(=O)O. The molecule has 0 spiro atoms. The maximum atomic E-state index is 13.2. The van der Waals surface area contributed by atoms with E-state index in [0.29, 0.717) is 13.2 Å². The fourth-order valence-electron chi connectivity index (χ4n) is 1.42. The van der Waals surface area contributed by atoms with Crippen LogP contribution in [0.25, 0.3) is 0 Å². The monoisotopic (exact) mass is 347 g/mol. The second kappa shape index (κ2) is 13.2. The van der Waals surface area contributed by atoms with E-state index in [1.165, 1.54) is 12.1 Å². The van der Waals surface area contributed by atoms with E-state index in [0.717, 1.165) is 13.0 Å². The summed E-state index contributed by atoms with van der Waals surface area (Å²) in [5, 5.41) is 27.5. The zero-order valence-corrected chi connectivity index (χ0v) is 13.3. The van der Waals surface area contributed by atoms with Gasteiger partial charge in [0.2, 0.25) is 0 Å². The molecule has 24 heavy (non-hydrogen) atoms. The highest BCUT2D eigenvalue weighted by Crippen LogP contribution is 2.15. The minimum atomic E-state index is -1.82. The Morgan fingerprint density at radius 2 is 1.88 bits per heavy atom. The van der Waals surface area contributed by atoms with E-state index in [4.69, 9.17) is 29.3 Å². The summed E-state index contributed by atoms with van der Waals surface area (Å²) in [6.07, 6.45) is 0.226. The minimum absolute atomic E-state index is 0.0677. The van der Waals surface area contributed by atoms with Gasteiger partial charge in [0.05, 0.1) is 0 Å². The molecule has 0 aliphatic carbocycles. The summed E-state index contributed by atoms with van der Waals surface area (Å²) in [5.41, 5.74) is 0. The van der Waals surface area contributed by atoms with Crippen molar-refractivity contribution < 1.29 is 38.8 Å². The van der Waals surface area contributed by atoms with E-state index in [-0.39, 0.29) is 12.4 Å². The molecule has 0 heterocycles. The molecule has 1 atom stereocenters. The number of aliphatic carboxylic acids is 2. The lowest BCUT2D eigenvalue weighted by molar-refractivity contribution is -0.159. The molecule has 136 valence electrons. The summed E-state index contributed by atoms with van der Waals surface area (Å²) in [5.74, 6) is -3.90. The number of rotatable bonds is 9. The maximum absolute atomic E-state index is 13.2. The highest BCUT2D eigenvalue weighted by Gasteiger charge is 2.07. The van der Waals surface area contributed by atoms with E-state index < -0.39 is 23.9 Å². The Hall–Kier alpha value is -2.23. The molecule has 0 aliphatic rings. The summed E-state index contributed by atoms with van der Waals surface area (Å²) in [6, 6.07) is 6.14. The molecule has 4 N–H and O–H groups in total. The number of methoxy groups -OCH3 is 1. The molecule has 1 aromatic rings. The normalized spacial score (nSPS) is 11.1. The Morgan fingerprint density at radius 1 is 1.25 bits per heavy atom. The minimum Gasteiger partial charge on any atom is -0.488 e. The van der Waals surface area contributed by atoms with Gasteiger partial charge in [-0.1, -0.05) is 12.1 Å². The van der Waals surface area contributed by atoms with Crippen molar-refractivity contribution in [3.05, 3.63) is 30.1 Å². The van der Waals surface area contributed by atoms with Crippen molar-refractivity contribution in [3.8, 4) is 5.75 Å². The van der Waals surface area contributed by atoms with Crippen LogP contribution >= 0.6 is 0 Å². The smallest absolute Gasteiger partial charge is 0.414 e. The third-order valence-corrected chi connectivity index (χ3v) is 2.53. The van der Waals surface area contributed by atoms with Gasteiger partial charge in [0.25, 0.3) is 0 Å². The van der Waals surface area contributed by atoms with Crippen molar-refractivity contribution >= 4 is 11.9 Å². The molecule has 0 bridgehead atoms. The number of hydrogen-bond acceptors (Lipinski definition) is 6. The van der Waals surface area contributed by atoms with Gasteiger partial charge in [0, 0.05) is 20.3 Å². The Balaban J connectivity index is 0.000000754. The van der Waals surface area contributed by atoms with Crippen LogP contribution in [0.3, 0.4) is 0 Å². The standard InChI is InChI=1S/C13H20FNO3.C2H2O4/c1-17-8-4-7-15-9-11(16)10-18-13-6-3-2-5-12(13)14;3-1(4)2(5)6/h2-3,5-6,11,15-16H,4,7-10H2,1H3;(H,3,4)(H,5,6). The summed E-state index contributed by atoms with van der Waals surface area (Å²) in [4.78, 5) is 18.2. The lowest BCUT2D eigenvalue weighted by Gasteiger charge is -2.13. The van der Waals surface area contributed by atoms with Crippen LogP contribution in [0.4, 0.5) is 4.39 Å². The predicted molar refractivity (Wildman–Crippen MR) is 82.5 cm³/mol. The van der Waals surface area contributed by atoms with E-state index in [1.54, 1.807) is 19.2 Å². The van der Waals surface area contributed by atoms with Gasteiger partial charge in [-0.25, -0.2) is 14.0 Å². The fraction of sp³-hybridized carbons (Fsp3) is 0.467. The van der Waals surface area contributed by atoms with Crippen molar-refractivity contribution in [1.29, 1.82) is 0 Å². The number of carboxylic acids is 2. The van der Waals surface area contributed by atoms with E-state index in [1.807, 2.05) is 0 Å². The number of ether oxygens (including phenoxy) is 2. The van der Waals surface area contributed by atoms with Crippen molar-refractivity contribution in [1.82, 2.24) is 5.32 Å². The number of hydrogen-bond donors (Lipinski definition) is 4. The van der Waals surface area contributed by atoms with E-state index in [2.05, 4.69) is 5.32 Å². The van der Waals surface area contributed by atoms with Gasteiger partial charge >= 0.3 is 11.9 Å². The van der Waals surface area contributed by atoms with Crippen molar-refractivity contribution in [2.24, 2.45) is 0 Å². The van der Waals surface area contributed by atoms with E-state index in [9.17, 15) is 9.50 Å². The van der Waals surface area contributed by atoms with Crippen LogP contribution < -0.4 is 10.1 Å². The van der Waals surface area contributed by atoms with Crippen LogP contribution in [-0.4, -0.2) is 66.8 Å². The van der Waals surface area contributed by atoms with Gasteiger partial charge in [-0.05, 0) is 25.1 Å². The van der Waals surface area contributed by atoms with Gasteiger partial charge < -0.3 is 30.1 Å². The first-order chi connectivity index (χ1) is 11.4. The van der Waals surface area contributed by atoms with Gasteiger partial charge in [0.15, 0.2) is 11.6 Å². The number of benzene rings is 1. The molecule has 1 unspecified atom stereocenters. The molecule has 0 radical (unpaired) electrons. The fourth-order valence-corrected chi connectivity index (χ4v) is 1.42. The second-order valence-corrected chi connectivity index (χ2v) is 4.56. The maximum Gasteiger partial charge on any atom is 0.414 e. The zero-order valence-electron chi connectivity index (χ0n) is 13.3. The number of carboxylic acid groups (broad SMARTS) is 2. The van der Waals surface area contributed by atoms with Gasteiger partial charge in [-0.2, -0.15) is 0 Å². The summed E-state index contributed by atoms with van der Waals surface area (Å²) in [6.45, 7) is 1.94. The number of halogens is 1. The topological polar surface area (TPSA) is 125 Å². The lowest BCUT2D eigenvalue weighted by atomic mass is 10.3. The van der Waals surface area contributed by atoms with Gasteiger partial charge in [-0.3, -0.25) is 0 Å². The Kier molecular flexibility index (Phi) is 12.0. The number of aliphatic hydroxyl groups is 1. The molecule has 9 heteroatoms. The second-order valence-electron chi connectivity index (χ2n) is 4.56. The van der Waals surface area contributed by atoms with Crippen LogP contribution in [0.1, 0.15) is 6.42 Å². The molecule has 0 aromatic heterocycles. The van der Waals surface area contributed by atoms with Crippen LogP contribution in [0.15, 0.2) is 24.3 Å². The van der Waals surface area contributed by atoms with Crippen LogP contribution in [0, 0.1) is 5.82 Å².